The fourth-order valence-electron chi connectivity index (χ4n) is 2.55. The molecule has 3 nitrogen and oxygen atoms in total. The number of rotatable bonds is 1. The molecule has 1 aliphatic heterocycles. The summed E-state index contributed by atoms with van der Waals surface area (Å²) in [5.41, 5.74) is 3.16. The summed E-state index contributed by atoms with van der Waals surface area (Å²) in [6, 6.07) is 0. The third-order valence-electron chi connectivity index (χ3n) is 3.57. The fourth-order valence-corrected chi connectivity index (χ4v) is 2.55. The molecule has 14 heavy (non-hydrogen) atoms. The lowest BCUT2D eigenvalue weighted by Crippen LogP contribution is -2.28. The molecule has 0 atom stereocenters. The van der Waals surface area contributed by atoms with Gasteiger partial charge < -0.3 is 9.88 Å². The molecule has 0 saturated heterocycles. The van der Waals surface area contributed by atoms with Crippen LogP contribution in [0.15, 0.2) is 0 Å². The van der Waals surface area contributed by atoms with Crippen molar-refractivity contribution >= 4 is 0 Å². The van der Waals surface area contributed by atoms with Gasteiger partial charge in [-0.1, -0.05) is 0 Å². The van der Waals surface area contributed by atoms with E-state index in [1.54, 1.807) is 0 Å². The SMILES string of the molecule is Cc1nc2c(n1C1(C)CC1)CNCC2. The largest absolute Gasteiger partial charge is 0.325 e. The summed E-state index contributed by atoms with van der Waals surface area (Å²) in [4.78, 5) is 4.68. The molecule has 0 unspecified atom stereocenters. The van der Waals surface area contributed by atoms with Crippen LogP contribution in [0.5, 0.6) is 0 Å². The first-order valence-corrected chi connectivity index (χ1v) is 5.49. The van der Waals surface area contributed by atoms with E-state index >= 15 is 0 Å². The fraction of sp³-hybridized carbons (Fsp3) is 0.727. The Hall–Kier alpha value is -0.830. The van der Waals surface area contributed by atoms with Crippen LogP contribution >= 0.6 is 0 Å². The standard InChI is InChI=1S/C11H17N3/c1-8-13-9-3-6-12-7-10(9)14(8)11(2)4-5-11/h12H,3-7H2,1-2H3. The van der Waals surface area contributed by atoms with E-state index in [1.165, 1.54) is 30.1 Å². The van der Waals surface area contributed by atoms with Gasteiger partial charge in [0.15, 0.2) is 0 Å². The monoisotopic (exact) mass is 191 g/mol. The van der Waals surface area contributed by atoms with E-state index in [2.05, 4.69) is 28.7 Å². The zero-order valence-electron chi connectivity index (χ0n) is 8.93. The van der Waals surface area contributed by atoms with Gasteiger partial charge in [-0.25, -0.2) is 4.98 Å². The maximum Gasteiger partial charge on any atom is 0.106 e. The van der Waals surface area contributed by atoms with Crippen molar-refractivity contribution in [1.82, 2.24) is 14.9 Å². The van der Waals surface area contributed by atoms with Gasteiger partial charge in [-0.2, -0.15) is 0 Å². The molecule has 0 bridgehead atoms. The van der Waals surface area contributed by atoms with Crippen LogP contribution in [0.2, 0.25) is 0 Å². The van der Waals surface area contributed by atoms with Crippen LogP contribution in [0.3, 0.4) is 0 Å². The summed E-state index contributed by atoms with van der Waals surface area (Å²) in [7, 11) is 0. The number of fused-ring (bicyclic) bond motifs is 1. The lowest BCUT2D eigenvalue weighted by atomic mass is 10.1. The van der Waals surface area contributed by atoms with Crippen LogP contribution in [0.4, 0.5) is 0 Å². The topological polar surface area (TPSA) is 29.9 Å². The molecule has 2 heterocycles. The predicted molar refractivity (Wildman–Crippen MR) is 55.3 cm³/mol. The van der Waals surface area contributed by atoms with E-state index in [-0.39, 0.29) is 0 Å². The molecule has 1 aromatic rings. The number of aromatic nitrogens is 2. The summed E-state index contributed by atoms with van der Waals surface area (Å²) in [6.45, 7) is 6.57. The summed E-state index contributed by atoms with van der Waals surface area (Å²) in [6.07, 6.45) is 3.73. The molecule has 1 N–H and O–H groups in total. The molecule has 0 radical (unpaired) electrons. The number of hydrogen-bond donors (Lipinski definition) is 1. The van der Waals surface area contributed by atoms with Gasteiger partial charge in [-0.3, -0.25) is 0 Å². The number of nitrogens with one attached hydrogen (secondary N) is 1. The second-order valence-corrected chi connectivity index (χ2v) is 4.81. The molecular weight excluding hydrogens is 174 g/mol. The van der Waals surface area contributed by atoms with Crippen molar-refractivity contribution in [3.8, 4) is 0 Å². The number of nitrogens with zero attached hydrogens (tertiary/aromatic N) is 2. The molecule has 1 aliphatic carbocycles. The van der Waals surface area contributed by atoms with Crippen LogP contribution in [-0.4, -0.2) is 16.1 Å². The number of imidazole rings is 1. The molecule has 76 valence electrons. The van der Waals surface area contributed by atoms with Crippen LogP contribution in [-0.2, 0) is 18.5 Å². The Morgan fingerprint density at radius 2 is 2.21 bits per heavy atom. The highest BCUT2D eigenvalue weighted by Gasteiger charge is 2.42. The van der Waals surface area contributed by atoms with Crippen molar-refractivity contribution < 1.29 is 0 Å². The van der Waals surface area contributed by atoms with E-state index in [1.807, 2.05) is 0 Å². The van der Waals surface area contributed by atoms with Gasteiger partial charge >= 0.3 is 0 Å². The smallest absolute Gasteiger partial charge is 0.106 e. The highest BCUT2D eigenvalue weighted by atomic mass is 15.2. The molecule has 1 aromatic heterocycles. The van der Waals surface area contributed by atoms with Gasteiger partial charge in [0.1, 0.15) is 5.82 Å². The highest BCUT2D eigenvalue weighted by Crippen LogP contribution is 2.45. The molecule has 0 spiro atoms. The first-order chi connectivity index (χ1) is 6.71. The Morgan fingerprint density at radius 3 is 2.93 bits per heavy atom. The lowest BCUT2D eigenvalue weighted by Gasteiger charge is -2.20. The lowest BCUT2D eigenvalue weighted by molar-refractivity contribution is 0.478. The Morgan fingerprint density at radius 1 is 1.43 bits per heavy atom. The molecule has 3 rings (SSSR count). The van der Waals surface area contributed by atoms with Crippen LogP contribution in [0.1, 0.15) is 37.0 Å². The molecule has 1 fully saturated rings. The maximum absolute atomic E-state index is 4.68. The molecule has 2 aliphatic rings. The van der Waals surface area contributed by atoms with Crippen LogP contribution < -0.4 is 5.32 Å². The van der Waals surface area contributed by atoms with E-state index in [0.717, 1.165) is 19.5 Å². The predicted octanol–water partition coefficient (Wildman–Crippen LogP) is 1.35. The maximum atomic E-state index is 4.68. The first kappa shape index (κ1) is 8.48. The Labute approximate surface area is 84.5 Å². The normalized spacial score (nSPS) is 23.3. The van der Waals surface area contributed by atoms with Crippen LogP contribution in [0.25, 0.3) is 0 Å². The summed E-state index contributed by atoms with van der Waals surface area (Å²) >= 11 is 0. The minimum absolute atomic E-state index is 0.393. The van der Waals surface area contributed by atoms with Gasteiger partial charge in [0, 0.05) is 25.0 Å². The average Bonchev–Trinajstić information content (AvgIpc) is 2.79. The van der Waals surface area contributed by atoms with Crippen molar-refractivity contribution in [2.45, 2.75) is 45.2 Å². The van der Waals surface area contributed by atoms with Gasteiger partial charge in [-0.05, 0) is 26.7 Å². The van der Waals surface area contributed by atoms with Crippen LogP contribution in [0, 0.1) is 6.92 Å². The Balaban J connectivity index is 2.13. The highest BCUT2D eigenvalue weighted by molar-refractivity contribution is 5.24. The van der Waals surface area contributed by atoms with Gasteiger partial charge in [0.25, 0.3) is 0 Å². The van der Waals surface area contributed by atoms with Crippen molar-refractivity contribution in [2.24, 2.45) is 0 Å². The minimum atomic E-state index is 0.393. The Kier molecular flexibility index (Phi) is 1.57. The zero-order chi connectivity index (χ0) is 9.76. The molecule has 3 heteroatoms. The summed E-state index contributed by atoms with van der Waals surface area (Å²) in [5.74, 6) is 1.21. The van der Waals surface area contributed by atoms with Gasteiger partial charge in [0.05, 0.1) is 11.4 Å². The summed E-state index contributed by atoms with van der Waals surface area (Å²) < 4.78 is 2.47. The Bertz CT molecular complexity index is 374. The van der Waals surface area contributed by atoms with E-state index < -0.39 is 0 Å². The van der Waals surface area contributed by atoms with Gasteiger partial charge in [-0.15, -0.1) is 0 Å². The molecular formula is C11H17N3. The van der Waals surface area contributed by atoms with Crippen molar-refractivity contribution in [3.63, 3.8) is 0 Å². The molecule has 1 saturated carbocycles. The number of aryl methyl sites for hydroxylation is 1. The van der Waals surface area contributed by atoms with Crippen molar-refractivity contribution in [2.75, 3.05) is 6.54 Å². The van der Waals surface area contributed by atoms with E-state index in [4.69, 9.17) is 0 Å². The van der Waals surface area contributed by atoms with Crippen molar-refractivity contribution in [3.05, 3.63) is 17.2 Å². The van der Waals surface area contributed by atoms with Crippen molar-refractivity contribution in [1.29, 1.82) is 0 Å². The second-order valence-electron chi connectivity index (χ2n) is 4.81. The second kappa shape index (κ2) is 2.60. The number of hydrogen-bond acceptors (Lipinski definition) is 2. The zero-order valence-corrected chi connectivity index (χ0v) is 8.93. The van der Waals surface area contributed by atoms with E-state index in [9.17, 15) is 0 Å². The minimum Gasteiger partial charge on any atom is -0.325 e. The molecule has 0 aromatic carbocycles. The summed E-state index contributed by atoms with van der Waals surface area (Å²) in [5, 5.41) is 3.43. The average molecular weight is 191 g/mol. The third kappa shape index (κ3) is 1.05. The van der Waals surface area contributed by atoms with Gasteiger partial charge in [0.2, 0.25) is 0 Å². The quantitative estimate of drug-likeness (QED) is 0.726. The third-order valence-corrected chi connectivity index (χ3v) is 3.57. The first-order valence-electron chi connectivity index (χ1n) is 5.49. The molecule has 0 amide bonds. The van der Waals surface area contributed by atoms with E-state index in [0.29, 0.717) is 5.54 Å².